The van der Waals surface area contributed by atoms with Crippen LogP contribution in [-0.4, -0.2) is 73.4 Å². The van der Waals surface area contributed by atoms with Crippen LogP contribution in [0.15, 0.2) is 0 Å². The van der Waals surface area contributed by atoms with Crippen LogP contribution in [-0.2, 0) is 18.4 Å². The van der Waals surface area contributed by atoms with Gasteiger partial charge in [0.2, 0.25) is 5.91 Å². The molecule has 0 rings (SSSR count). The molecule has 0 radical (unpaired) electrons. The van der Waals surface area contributed by atoms with Gasteiger partial charge in [-0.15, -0.1) is 0 Å². The highest BCUT2D eigenvalue weighted by atomic mass is 31.2. The largest absolute Gasteiger partial charge is 0.472 e. The van der Waals surface area contributed by atoms with Crippen LogP contribution in [0.5, 0.6) is 0 Å². The van der Waals surface area contributed by atoms with Crippen LogP contribution < -0.4 is 5.32 Å². The lowest BCUT2D eigenvalue weighted by Gasteiger charge is -2.26. The molecule has 0 aromatic heterocycles. The molecule has 1 amide bonds. The molecule has 0 aliphatic carbocycles. The van der Waals surface area contributed by atoms with E-state index in [1.165, 1.54) is 161 Å². The number of likely N-dealkylation sites (N-methyl/N-ethyl adjacent to an activating group) is 1. The van der Waals surface area contributed by atoms with E-state index in [1.54, 1.807) is 0 Å². The molecule has 318 valence electrons. The molecule has 53 heavy (non-hydrogen) atoms. The van der Waals surface area contributed by atoms with Gasteiger partial charge < -0.3 is 19.8 Å². The average molecular weight is 776 g/mol. The van der Waals surface area contributed by atoms with E-state index in [0.717, 1.165) is 38.5 Å². The summed E-state index contributed by atoms with van der Waals surface area (Å²) >= 11 is 0. The highest BCUT2D eigenvalue weighted by Crippen LogP contribution is 2.43. The van der Waals surface area contributed by atoms with Gasteiger partial charge in [0.15, 0.2) is 0 Å². The summed E-state index contributed by atoms with van der Waals surface area (Å²) in [4.78, 5) is 23.1. The third-order valence-electron chi connectivity index (χ3n) is 10.6. The van der Waals surface area contributed by atoms with Crippen molar-refractivity contribution in [1.29, 1.82) is 0 Å². The van der Waals surface area contributed by atoms with Gasteiger partial charge in [0.05, 0.1) is 39.9 Å². The Morgan fingerprint density at radius 3 is 1.26 bits per heavy atom. The van der Waals surface area contributed by atoms with Crippen molar-refractivity contribution in [1.82, 2.24) is 5.32 Å². The van der Waals surface area contributed by atoms with Crippen molar-refractivity contribution in [3.8, 4) is 0 Å². The molecular weight excluding hydrogens is 683 g/mol. The molecule has 0 bridgehead atoms. The fourth-order valence-corrected chi connectivity index (χ4v) is 7.67. The number of aliphatic hydroxyl groups is 1. The van der Waals surface area contributed by atoms with Gasteiger partial charge in [0.25, 0.3) is 0 Å². The maximum absolute atomic E-state index is 12.9. The van der Waals surface area contributed by atoms with Crippen LogP contribution in [0.25, 0.3) is 0 Å². The topological polar surface area (TPSA) is 105 Å². The number of phosphoric ester groups is 1. The molecule has 0 fully saturated rings. The molecule has 0 aromatic carbocycles. The minimum atomic E-state index is -4.30. The van der Waals surface area contributed by atoms with Crippen LogP contribution in [0.1, 0.15) is 226 Å². The first-order valence-corrected chi connectivity index (χ1v) is 24.4. The summed E-state index contributed by atoms with van der Waals surface area (Å²) in [5.74, 6) is -0.141. The lowest BCUT2D eigenvalue weighted by atomic mass is 10.0. The number of nitrogens with one attached hydrogen (secondary N) is 1. The summed E-state index contributed by atoms with van der Waals surface area (Å²) in [6.07, 6.45) is 39.9. The minimum absolute atomic E-state index is 0.0783. The Kier molecular flexibility index (Phi) is 36.7. The fraction of sp³-hybridized carbons (Fsp3) is 0.977. The molecule has 0 saturated heterocycles. The van der Waals surface area contributed by atoms with Crippen LogP contribution in [0.4, 0.5) is 0 Å². The third-order valence-corrected chi connectivity index (χ3v) is 11.6. The average Bonchev–Trinajstić information content (AvgIpc) is 3.10. The Bertz CT molecular complexity index is 839. The Labute approximate surface area is 329 Å². The fourth-order valence-electron chi connectivity index (χ4n) is 6.93. The lowest BCUT2D eigenvalue weighted by molar-refractivity contribution is -0.870. The summed E-state index contributed by atoms with van der Waals surface area (Å²) in [6.45, 7) is 4.89. The highest BCUT2D eigenvalue weighted by molar-refractivity contribution is 7.47. The maximum atomic E-state index is 12.9. The minimum Gasteiger partial charge on any atom is -0.391 e. The van der Waals surface area contributed by atoms with E-state index in [0.29, 0.717) is 23.9 Å². The SMILES string of the molecule is CCCCCCCCCCCCCCCCCCCCCCCC(=O)N[C@@H](COP(=O)(O)OCC[N+](C)(C)C)[C@H](O)CCCCCCCCCCCC. The number of carbonyl (C=O) groups is 1. The first-order chi connectivity index (χ1) is 25.5. The lowest BCUT2D eigenvalue weighted by Crippen LogP contribution is -2.46. The normalized spacial score (nSPS) is 14.3. The first-order valence-electron chi connectivity index (χ1n) is 22.9. The van der Waals surface area contributed by atoms with Gasteiger partial charge in [0.1, 0.15) is 13.2 Å². The summed E-state index contributed by atoms with van der Waals surface area (Å²) in [7, 11) is 1.63. The van der Waals surface area contributed by atoms with Crippen LogP contribution in [0, 0.1) is 0 Å². The van der Waals surface area contributed by atoms with Gasteiger partial charge in [0, 0.05) is 6.42 Å². The van der Waals surface area contributed by atoms with Crippen molar-refractivity contribution in [2.24, 2.45) is 0 Å². The van der Waals surface area contributed by atoms with Gasteiger partial charge in [-0.25, -0.2) is 4.57 Å². The summed E-state index contributed by atoms with van der Waals surface area (Å²) in [5.41, 5.74) is 0. The summed E-state index contributed by atoms with van der Waals surface area (Å²) in [5, 5.41) is 13.9. The van der Waals surface area contributed by atoms with E-state index in [1.807, 2.05) is 21.1 Å². The van der Waals surface area contributed by atoms with Crippen LogP contribution in [0.3, 0.4) is 0 Å². The van der Waals surface area contributed by atoms with Crippen molar-refractivity contribution in [2.45, 2.75) is 238 Å². The van der Waals surface area contributed by atoms with Crippen molar-refractivity contribution in [3.63, 3.8) is 0 Å². The number of hydrogen-bond acceptors (Lipinski definition) is 5. The summed E-state index contributed by atoms with van der Waals surface area (Å²) < 4.78 is 23.6. The van der Waals surface area contributed by atoms with E-state index in [4.69, 9.17) is 9.05 Å². The second kappa shape index (κ2) is 37.1. The molecule has 0 aliphatic heterocycles. The van der Waals surface area contributed by atoms with Crippen molar-refractivity contribution >= 4 is 13.7 Å². The monoisotopic (exact) mass is 776 g/mol. The predicted octanol–water partition coefficient (Wildman–Crippen LogP) is 12.6. The number of rotatable bonds is 42. The number of nitrogens with zero attached hydrogens (tertiary/aromatic N) is 1. The number of amides is 1. The quantitative estimate of drug-likeness (QED) is 0.0324. The van der Waals surface area contributed by atoms with E-state index >= 15 is 0 Å². The van der Waals surface area contributed by atoms with Gasteiger partial charge >= 0.3 is 7.82 Å². The Hall–Kier alpha value is -0.500. The Morgan fingerprint density at radius 2 is 0.906 bits per heavy atom. The van der Waals surface area contributed by atoms with Crippen molar-refractivity contribution < 1.29 is 32.9 Å². The van der Waals surface area contributed by atoms with Gasteiger partial charge in [-0.3, -0.25) is 13.8 Å². The van der Waals surface area contributed by atoms with E-state index < -0.39 is 20.0 Å². The molecular formula is C44H92N2O6P+. The smallest absolute Gasteiger partial charge is 0.391 e. The number of aliphatic hydroxyl groups excluding tert-OH is 1. The molecule has 8 nitrogen and oxygen atoms in total. The predicted molar refractivity (Wildman–Crippen MR) is 226 cm³/mol. The zero-order valence-corrected chi connectivity index (χ0v) is 36.9. The number of unbranched alkanes of at least 4 members (excludes halogenated alkanes) is 29. The number of phosphoric acid groups is 1. The van der Waals surface area contributed by atoms with Gasteiger partial charge in [-0.05, 0) is 12.8 Å². The summed E-state index contributed by atoms with van der Waals surface area (Å²) in [6, 6.07) is -0.751. The molecule has 0 spiro atoms. The number of hydrogen-bond donors (Lipinski definition) is 3. The second-order valence-electron chi connectivity index (χ2n) is 17.1. The molecule has 0 heterocycles. The van der Waals surface area contributed by atoms with E-state index in [-0.39, 0.29) is 19.1 Å². The van der Waals surface area contributed by atoms with Gasteiger partial charge in [-0.2, -0.15) is 0 Å². The molecule has 3 N–H and O–H groups in total. The van der Waals surface area contributed by atoms with Gasteiger partial charge in [-0.1, -0.05) is 206 Å². The zero-order chi connectivity index (χ0) is 39.3. The number of quaternary nitrogens is 1. The maximum Gasteiger partial charge on any atom is 0.472 e. The molecule has 0 aromatic rings. The molecule has 3 atom stereocenters. The van der Waals surface area contributed by atoms with Crippen molar-refractivity contribution in [3.05, 3.63) is 0 Å². The molecule has 0 aliphatic rings. The molecule has 1 unspecified atom stereocenters. The van der Waals surface area contributed by atoms with Crippen LogP contribution >= 0.6 is 7.82 Å². The number of carbonyl (C=O) groups excluding carboxylic acids is 1. The Morgan fingerprint density at radius 1 is 0.566 bits per heavy atom. The van der Waals surface area contributed by atoms with Crippen molar-refractivity contribution in [2.75, 3.05) is 40.9 Å². The van der Waals surface area contributed by atoms with Crippen LogP contribution in [0.2, 0.25) is 0 Å². The molecule has 9 heteroatoms. The zero-order valence-electron chi connectivity index (χ0n) is 36.0. The highest BCUT2D eigenvalue weighted by Gasteiger charge is 2.28. The molecule has 0 saturated carbocycles. The Balaban J connectivity index is 4.18. The second-order valence-corrected chi connectivity index (χ2v) is 18.6. The first kappa shape index (κ1) is 52.5. The standard InChI is InChI=1S/C44H91N2O6P/c1-6-8-10-12-14-16-18-19-20-21-22-23-24-25-26-27-28-30-32-34-36-38-44(48)45-42(41-52-53(49,50)51-40-39-46(3,4)5)43(47)37-35-33-31-29-17-15-13-11-9-7-2/h42-43,47H,6-41H2,1-5H3,(H-,45,48,49,50)/p+1/t42-,43+/m0/s1. The van der Waals surface area contributed by atoms with E-state index in [2.05, 4.69) is 19.2 Å². The third kappa shape index (κ3) is 39.5. The van der Waals surface area contributed by atoms with E-state index in [9.17, 15) is 19.4 Å².